The van der Waals surface area contributed by atoms with E-state index < -0.39 is 0 Å². The van der Waals surface area contributed by atoms with Crippen molar-refractivity contribution in [1.29, 1.82) is 0 Å². The predicted molar refractivity (Wildman–Crippen MR) is 61.3 cm³/mol. The topological polar surface area (TPSA) is 24.9 Å². The van der Waals surface area contributed by atoms with Crippen molar-refractivity contribution in [2.24, 2.45) is 0 Å². The van der Waals surface area contributed by atoms with Gasteiger partial charge in [-0.2, -0.15) is 0 Å². The van der Waals surface area contributed by atoms with Gasteiger partial charge in [0, 0.05) is 22.4 Å². The highest BCUT2D eigenvalue weighted by molar-refractivity contribution is 9.10. The first-order valence-electron chi connectivity index (χ1n) is 5.18. The number of aryl methyl sites for hydroxylation is 1. The number of pyridine rings is 1. The Morgan fingerprint density at radius 3 is 2.93 bits per heavy atom. The summed E-state index contributed by atoms with van der Waals surface area (Å²) in [6, 6.07) is 4.96. The fourth-order valence-corrected chi connectivity index (χ4v) is 1.65. The molecule has 1 aliphatic carbocycles. The Kier molecular flexibility index (Phi) is 3.54. The minimum absolute atomic E-state index is 0.827. The molecule has 0 radical (unpaired) electrons. The van der Waals surface area contributed by atoms with E-state index in [-0.39, 0.29) is 0 Å². The second-order valence-corrected chi connectivity index (χ2v) is 4.72. The second-order valence-electron chi connectivity index (χ2n) is 3.80. The number of hydrogen-bond acceptors (Lipinski definition) is 2. The summed E-state index contributed by atoms with van der Waals surface area (Å²) in [5.74, 6) is 0. The van der Waals surface area contributed by atoms with Crippen LogP contribution in [-0.4, -0.2) is 17.6 Å². The molecule has 1 heterocycles. The van der Waals surface area contributed by atoms with Gasteiger partial charge in [0.15, 0.2) is 0 Å². The minimum Gasteiger partial charge on any atom is -0.314 e. The van der Waals surface area contributed by atoms with E-state index in [0.717, 1.165) is 23.5 Å². The first kappa shape index (κ1) is 10.1. The van der Waals surface area contributed by atoms with Crippen molar-refractivity contribution < 1.29 is 0 Å². The Balaban J connectivity index is 1.66. The number of aromatic nitrogens is 1. The third-order valence-electron chi connectivity index (χ3n) is 2.41. The van der Waals surface area contributed by atoms with Gasteiger partial charge in [0.05, 0.1) is 0 Å². The van der Waals surface area contributed by atoms with Crippen molar-refractivity contribution in [3.8, 4) is 0 Å². The van der Waals surface area contributed by atoms with Crippen molar-refractivity contribution >= 4 is 15.9 Å². The van der Waals surface area contributed by atoms with Gasteiger partial charge >= 0.3 is 0 Å². The van der Waals surface area contributed by atoms with Crippen LogP contribution in [0.25, 0.3) is 0 Å². The molecule has 0 bridgehead atoms. The molecule has 76 valence electrons. The molecule has 1 aliphatic rings. The monoisotopic (exact) mass is 254 g/mol. The maximum absolute atomic E-state index is 4.34. The summed E-state index contributed by atoms with van der Waals surface area (Å²) in [5.41, 5.74) is 1.19. The van der Waals surface area contributed by atoms with Crippen molar-refractivity contribution in [3.63, 3.8) is 0 Å². The molecule has 2 nitrogen and oxygen atoms in total. The lowest BCUT2D eigenvalue weighted by atomic mass is 10.2. The Labute approximate surface area is 93.3 Å². The normalized spacial score (nSPS) is 15.8. The van der Waals surface area contributed by atoms with Crippen molar-refractivity contribution in [2.45, 2.75) is 31.7 Å². The van der Waals surface area contributed by atoms with Crippen LogP contribution in [0.1, 0.15) is 25.0 Å². The fourth-order valence-electron chi connectivity index (χ4n) is 1.42. The molecule has 3 heteroatoms. The number of hydrogen-bond donors (Lipinski definition) is 1. The number of rotatable bonds is 5. The number of halogens is 1. The van der Waals surface area contributed by atoms with E-state index in [1.165, 1.54) is 25.0 Å². The van der Waals surface area contributed by atoms with Crippen LogP contribution in [0.2, 0.25) is 0 Å². The van der Waals surface area contributed by atoms with Crippen LogP contribution in [0.5, 0.6) is 0 Å². The summed E-state index contributed by atoms with van der Waals surface area (Å²) < 4.78 is 1.05. The van der Waals surface area contributed by atoms with Crippen LogP contribution in [0.15, 0.2) is 22.8 Å². The highest BCUT2D eigenvalue weighted by Gasteiger charge is 2.19. The highest BCUT2D eigenvalue weighted by Crippen LogP contribution is 2.18. The lowest BCUT2D eigenvalue weighted by molar-refractivity contribution is 0.641. The molecule has 1 N–H and O–H groups in total. The molecular weight excluding hydrogens is 240 g/mol. The number of nitrogens with zero attached hydrogens (tertiary/aromatic N) is 1. The van der Waals surface area contributed by atoms with Crippen molar-refractivity contribution in [3.05, 3.63) is 28.5 Å². The lowest BCUT2D eigenvalue weighted by Crippen LogP contribution is -2.17. The molecule has 1 saturated carbocycles. The molecule has 0 spiro atoms. The maximum atomic E-state index is 4.34. The van der Waals surface area contributed by atoms with Gasteiger partial charge in [-0.15, -0.1) is 0 Å². The molecule has 0 aliphatic heterocycles. The SMILES string of the molecule is Brc1ccc(CCCNC2CC2)nc1. The summed E-state index contributed by atoms with van der Waals surface area (Å²) in [6.45, 7) is 1.13. The lowest BCUT2D eigenvalue weighted by Gasteiger charge is -2.02. The molecule has 1 fully saturated rings. The average Bonchev–Trinajstić information content (AvgIpc) is 2.99. The highest BCUT2D eigenvalue weighted by atomic mass is 79.9. The standard InChI is InChI=1S/C11H15BrN2/c12-9-3-4-10(14-8-9)2-1-7-13-11-5-6-11/h3-4,8,11,13H,1-2,5-7H2. The zero-order chi connectivity index (χ0) is 9.80. The summed E-state index contributed by atoms with van der Waals surface area (Å²) in [4.78, 5) is 4.34. The average molecular weight is 255 g/mol. The van der Waals surface area contributed by atoms with Crippen molar-refractivity contribution in [2.75, 3.05) is 6.54 Å². The Morgan fingerprint density at radius 2 is 2.29 bits per heavy atom. The summed E-state index contributed by atoms with van der Waals surface area (Å²) in [5, 5.41) is 3.50. The summed E-state index contributed by atoms with van der Waals surface area (Å²) in [7, 11) is 0. The van der Waals surface area contributed by atoms with Gasteiger partial charge in [0.25, 0.3) is 0 Å². The molecule has 0 saturated heterocycles. The zero-order valence-corrected chi connectivity index (χ0v) is 9.76. The van der Waals surface area contributed by atoms with Gasteiger partial charge in [-0.1, -0.05) is 0 Å². The van der Waals surface area contributed by atoms with Crippen LogP contribution >= 0.6 is 15.9 Å². The van der Waals surface area contributed by atoms with Crippen LogP contribution < -0.4 is 5.32 Å². The first-order valence-corrected chi connectivity index (χ1v) is 5.98. The van der Waals surface area contributed by atoms with Crippen LogP contribution in [-0.2, 0) is 6.42 Å². The first-order chi connectivity index (χ1) is 6.84. The van der Waals surface area contributed by atoms with E-state index in [0.29, 0.717) is 0 Å². The molecule has 0 unspecified atom stereocenters. The van der Waals surface area contributed by atoms with Crippen molar-refractivity contribution in [1.82, 2.24) is 10.3 Å². The van der Waals surface area contributed by atoms with Gasteiger partial charge in [-0.05, 0) is 60.3 Å². The number of nitrogens with one attached hydrogen (secondary N) is 1. The molecule has 1 aromatic heterocycles. The molecule has 2 rings (SSSR count). The van der Waals surface area contributed by atoms with Gasteiger partial charge in [-0.3, -0.25) is 4.98 Å². The Bertz CT molecular complexity index is 280. The third kappa shape index (κ3) is 3.39. The van der Waals surface area contributed by atoms with Crippen LogP contribution in [0, 0.1) is 0 Å². The van der Waals surface area contributed by atoms with Gasteiger partial charge in [0.1, 0.15) is 0 Å². The van der Waals surface area contributed by atoms with E-state index in [1.807, 2.05) is 6.20 Å². The Morgan fingerprint density at radius 1 is 1.43 bits per heavy atom. The minimum atomic E-state index is 0.827. The van der Waals surface area contributed by atoms with E-state index in [9.17, 15) is 0 Å². The maximum Gasteiger partial charge on any atom is 0.0413 e. The second kappa shape index (κ2) is 4.89. The smallest absolute Gasteiger partial charge is 0.0413 e. The predicted octanol–water partition coefficient (Wildman–Crippen LogP) is 2.53. The van der Waals surface area contributed by atoms with Gasteiger partial charge in [0.2, 0.25) is 0 Å². The van der Waals surface area contributed by atoms with Gasteiger partial charge in [-0.25, -0.2) is 0 Å². The molecule has 0 amide bonds. The quantitative estimate of drug-likeness (QED) is 0.818. The molecule has 0 aromatic carbocycles. The molecule has 1 aromatic rings. The molecule has 0 atom stereocenters. The van der Waals surface area contributed by atoms with Crippen LogP contribution in [0.3, 0.4) is 0 Å². The summed E-state index contributed by atoms with van der Waals surface area (Å²) >= 11 is 3.38. The van der Waals surface area contributed by atoms with E-state index in [4.69, 9.17) is 0 Å². The Hall–Kier alpha value is -0.410. The van der Waals surface area contributed by atoms with Crippen LogP contribution in [0.4, 0.5) is 0 Å². The van der Waals surface area contributed by atoms with E-state index >= 15 is 0 Å². The fraction of sp³-hybridized carbons (Fsp3) is 0.545. The zero-order valence-electron chi connectivity index (χ0n) is 8.17. The van der Waals surface area contributed by atoms with E-state index in [2.05, 4.69) is 38.4 Å². The molecular formula is C11H15BrN2. The molecule has 14 heavy (non-hydrogen) atoms. The summed E-state index contributed by atoms with van der Waals surface area (Å²) in [6.07, 6.45) is 6.87. The van der Waals surface area contributed by atoms with E-state index in [1.54, 1.807) is 0 Å². The van der Waals surface area contributed by atoms with Gasteiger partial charge < -0.3 is 5.32 Å². The largest absolute Gasteiger partial charge is 0.314 e. The third-order valence-corrected chi connectivity index (χ3v) is 2.88.